The fourth-order valence-corrected chi connectivity index (χ4v) is 0.790. The van der Waals surface area contributed by atoms with Crippen molar-refractivity contribution >= 4 is 5.97 Å². The predicted molar refractivity (Wildman–Crippen MR) is 53.2 cm³/mol. The first kappa shape index (κ1) is 13.4. The number of unbranched alkanes of at least 4 members (excludes halogenated alkanes) is 1. The molecule has 0 radical (unpaired) electrons. The lowest BCUT2D eigenvalue weighted by Gasteiger charge is -2.05. The third-order valence-electron chi connectivity index (χ3n) is 1.56. The third-order valence-corrected chi connectivity index (χ3v) is 1.56. The molecule has 0 rings (SSSR count). The minimum atomic E-state index is -0.296. The standard InChI is InChI=1S/C10H20O4/c1-3-5-6-14-10(11)9-13-8-7-12-4-2/h3-9H2,1-2H3. The van der Waals surface area contributed by atoms with Gasteiger partial charge in [0.2, 0.25) is 0 Å². The molecule has 0 aliphatic carbocycles. The van der Waals surface area contributed by atoms with E-state index in [4.69, 9.17) is 14.2 Å². The molecular weight excluding hydrogens is 184 g/mol. The second-order valence-corrected chi connectivity index (χ2v) is 2.82. The summed E-state index contributed by atoms with van der Waals surface area (Å²) >= 11 is 0. The highest BCUT2D eigenvalue weighted by atomic mass is 16.6. The van der Waals surface area contributed by atoms with Gasteiger partial charge < -0.3 is 14.2 Å². The summed E-state index contributed by atoms with van der Waals surface area (Å²) in [5.41, 5.74) is 0. The summed E-state index contributed by atoms with van der Waals surface area (Å²) in [7, 11) is 0. The largest absolute Gasteiger partial charge is 0.464 e. The van der Waals surface area contributed by atoms with Crippen LogP contribution in [0.25, 0.3) is 0 Å². The lowest BCUT2D eigenvalue weighted by Crippen LogP contribution is -2.15. The lowest BCUT2D eigenvalue weighted by molar-refractivity contribution is -0.149. The Balaban J connectivity index is 3.10. The van der Waals surface area contributed by atoms with Gasteiger partial charge in [0, 0.05) is 6.61 Å². The van der Waals surface area contributed by atoms with Gasteiger partial charge in [-0.15, -0.1) is 0 Å². The van der Waals surface area contributed by atoms with Crippen LogP contribution in [0.5, 0.6) is 0 Å². The summed E-state index contributed by atoms with van der Waals surface area (Å²) < 4.78 is 14.9. The second-order valence-electron chi connectivity index (χ2n) is 2.82. The maximum absolute atomic E-state index is 11.0. The Hall–Kier alpha value is -0.610. The Morgan fingerprint density at radius 3 is 2.43 bits per heavy atom. The monoisotopic (exact) mass is 204 g/mol. The molecule has 0 aromatic heterocycles. The van der Waals surface area contributed by atoms with Crippen LogP contribution in [0.3, 0.4) is 0 Å². The Morgan fingerprint density at radius 2 is 1.79 bits per heavy atom. The molecule has 0 fully saturated rings. The van der Waals surface area contributed by atoms with Crippen molar-refractivity contribution < 1.29 is 19.0 Å². The van der Waals surface area contributed by atoms with Gasteiger partial charge in [0.25, 0.3) is 0 Å². The number of hydrogen-bond donors (Lipinski definition) is 0. The summed E-state index contributed by atoms with van der Waals surface area (Å²) in [6.45, 7) is 6.12. The molecule has 0 unspecified atom stereocenters. The van der Waals surface area contributed by atoms with Crippen LogP contribution < -0.4 is 0 Å². The molecule has 0 spiro atoms. The lowest BCUT2D eigenvalue weighted by atomic mass is 10.4. The number of carbonyl (C=O) groups is 1. The summed E-state index contributed by atoms with van der Waals surface area (Å²) in [6.07, 6.45) is 1.93. The minimum Gasteiger partial charge on any atom is -0.464 e. The summed E-state index contributed by atoms with van der Waals surface area (Å²) in [6, 6.07) is 0. The molecular formula is C10H20O4. The topological polar surface area (TPSA) is 44.8 Å². The molecule has 0 heterocycles. The molecule has 0 aliphatic rings. The quantitative estimate of drug-likeness (QED) is 0.420. The van der Waals surface area contributed by atoms with Crippen LogP contribution in [-0.2, 0) is 19.0 Å². The number of esters is 1. The van der Waals surface area contributed by atoms with E-state index in [1.54, 1.807) is 0 Å². The smallest absolute Gasteiger partial charge is 0.332 e. The molecule has 0 bridgehead atoms. The molecule has 0 aliphatic heterocycles. The molecule has 0 atom stereocenters. The third kappa shape index (κ3) is 9.48. The van der Waals surface area contributed by atoms with E-state index >= 15 is 0 Å². The fourth-order valence-electron chi connectivity index (χ4n) is 0.790. The summed E-state index contributed by atoms with van der Waals surface area (Å²) in [5, 5.41) is 0. The first-order valence-electron chi connectivity index (χ1n) is 5.12. The summed E-state index contributed by atoms with van der Waals surface area (Å²) in [4.78, 5) is 11.0. The fraction of sp³-hybridized carbons (Fsp3) is 0.900. The van der Waals surface area contributed by atoms with Gasteiger partial charge in [0.1, 0.15) is 6.61 Å². The van der Waals surface area contributed by atoms with Crippen molar-refractivity contribution in [3.05, 3.63) is 0 Å². The molecule has 0 amide bonds. The van der Waals surface area contributed by atoms with Crippen LogP contribution in [0, 0.1) is 0 Å². The highest BCUT2D eigenvalue weighted by Gasteiger charge is 2.01. The van der Waals surface area contributed by atoms with E-state index in [1.165, 1.54) is 0 Å². The number of ether oxygens (including phenoxy) is 3. The van der Waals surface area contributed by atoms with Crippen LogP contribution in [0.15, 0.2) is 0 Å². The zero-order chi connectivity index (χ0) is 10.6. The van der Waals surface area contributed by atoms with Crippen LogP contribution in [0.4, 0.5) is 0 Å². The van der Waals surface area contributed by atoms with E-state index < -0.39 is 0 Å². The average molecular weight is 204 g/mol. The van der Waals surface area contributed by atoms with Gasteiger partial charge >= 0.3 is 5.97 Å². The van der Waals surface area contributed by atoms with Gasteiger partial charge in [0.05, 0.1) is 19.8 Å². The van der Waals surface area contributed by atoms with Gasteiger partial charge in [-0.2, -0.15) is 0 Å². The highest BCUT2D eigenvalue weighted by molar-refractivity contribution is 5.70. The van der Waals surface area contributed by atoms with Crippen LogP contribution in [0.2, 0.25) is 0 Å². The van der Waals surface area contributed by atoms with Crippen molar-refractivity contribution in [2.24, 2.45) is 0 Å². The number of carbonyl (C=O) groups excluding carboxylic acids is 1. The minimum absolute atomic E-state index is 0.0246. The van der Waals surface area contributed by atoms with E-state index in [9.17, 15) is 4.79 Å². The van der Waals surface area contributed by atoms with Crippen molar-refractivity contribution in [2.75, 3.05) is 33.0 Å². The first-order chi connectivity index (χ1) is 6.81. The van der Waals surface area contributed by atoms with Gasteiger partial charge in [-0.3, -0.25) is 0 Å². The molecule has 0 saturated carbocycles. The molecule has 14 heavy (non-hydrogen) atoms. The zero-order valence-electron chi connectivity index (χ0n) is 9.08. The zero-order valence-corrected chi connectivity index (χ0v) is 9.08. The van der Waals surface area contributed by atoms with E-state index in [2.05, 4.69) is 0 Å². The Morgan fingerprint density at radius 1 is 1.07 bits per heavy atom. The molecule has 0 aromatic rings. The van der Waals surface area contributed by atoms with Gasteiger partial charge in [0.15, 0.2) is 0 Å². The number of rotatable bonds is 9. The van der Waals surface area contributed by atoms with Crippen molar-refractivity contribution in [2.45, 2.75) is 26.7 Å². The Labute approximate surface area is 85.5 Å². The maximum Gasteiger partial charge on any atom is 0.332 e. The second kappa shape index (κ2) is 10.5. The van der Waals surface area contributed by atoms with Gasteiger partial charge in [-0.25, -0.2) is 4.79 Å². The highest BCUT2D eigenvalue weighted by Crippen LogP contribution is 1.89. The molecule has 0 aromatic carbocycles. The average Bonchev–Trinajstić information content (AvgIpc) is 2.18. The Kier molecular flexibility index (Phi) is 10.0. The first-order valence-corrected chi connectivity index (χ1v) is 5.12. The van der Waals surface area contributed by atoms with E-state index in [-0.39, 0.29) is 12.6 Å². The van der Waals surface area contributed by atoms with Crippen molar-refractivity contribution in [3.8, 4) is 0 Å². The van der Waals surface area contributed by atoms with Gasteiger partial charge in [-0.1, -0.05) is 13.3 Å². The molecule has 4 heteroatoms. The molecule has 84 valence electrons. The normalized spacial score (nSPS) is 10.1. The molecule has 4 nitrogen and oxygen atoms in total. The van der Waals surface area contributed by atoms with Crippen molar-refractivity contribution in [3.63, 3.8) is 0 Å². The van der Waals surface area contributed by atoms with Crippen molar-refractivity contribution in [1.82, 2.24) is 0 Å². The SMILES string of the molecule is CCCCOC(=O)COCCOCC. The molecule has 0 N–H and O–H groups in total. The van der Waals surface area contributed by atoms with E-state index in [0.717, 1.165) is 12.8 Å². The molecule has 0 saturated heterocycles. The van der Waals surface area contributed by atoms with E-state index in [1.807, 2.05) is 13.8 Å². The predicted octanol–water partition coefficient (Wildman–Crippen LogP) is 1.38. The maximum atomic E-state index is 11.0. The van der Waals surface area contributed by atoms with Crippen LogP contribution in [0.1, 0.15) is 26.7 Å². The number of hydrogen-bond acceptors (Lipinski definition) is 4. The van der Waals surface area contributed by atoms with E-state index in [0.29, 0.717) is 26.4 Å². The Bertz CT molecular complexity index is 136. The van der Waals surface area contributed by atoms with Crippen molar-refractivity contribution in [1.29, 1.82) is 0 Å². The van der Waals surface area contributed by atoms with Gasteiger partial charge in [-0.05, 0) is 13.3 Å². The van der Waals surface area contributed by atoms with Crippen LogP contribution in [-0.4, -0.2) is 39.0 Å². The summed E-state index contributed by atoms with van der Waals surface area (Å²) in [5.74, 6) is -0.296. The van der Waals surface area contributed by atoms with Crippen LogP contribution >= 0.6 is 0 Å².